The van der Waals surface area contributed by atoms with Crippen LogP contribution in [0.5, 0.6) is 11.5 Å². The fourth-order valence-electron chi connectivity index (χ4n) is 3.83. The lowest BCUT2D eigenvalue weighted by atomic mass is 10.1. The highest BCUT2D eigenvalue weighted by Crippen LogP contribution is 2.28. The molecule has 7 nitrogen and oxygen atoms in total. The topological polar surface area (TPSA) is 67.8 Å². The first-order valence-corrected chi connectivity index (χ1v) is 10.7. The Bertz CT molecular complexity index is 1060. The van der Waals surface area contributed by atoms with Gasteiger partial charge in [0.05, 0.1) is 26.3 Å². The molecule has 1 aliphatic rings. The first kappa shape index (κ1) is 21.6. The van der Waals surface area contributed by atoms with Crippen LogP contribution in [-0.2, 0) is 11.2 Å². The number of anilines is 1. The maximum atomic E-state index is 12.8. The standard InChI is InChI=1S/C25H28N4O3/c1-18-4-7-20(8-5-18)21-9-11-24(27-26-21)28-12-14-29(15-13-28)25(30)17-19-6-10-22(31-2)23(16-19)32-3/h4-11,16H,12-15,17H2,1-3H3. The Hall–Kier alpha value is -3.61. The van der Waals surface area contributed by atoms with Gasteiger partial charge in [0, 0.05) is 31.7 Å². The number of aromatic nitrogens is 2. The number of hydrogen-bond donors (Lipinski definition) is 0. The van der Waals surface area contributed by atoms with Crippen molar-refractivity contribution in [2.24, 2.45) is 0 Å². The molecule has 7 heteroatoms. The van der Waals surface area contributed by atoms with E-state index in [9.17, 15) is 4.79 Å². The third-order valence-corrected chi connectivity index (χ3v) is 5.76. The van der Waals surface area contributed by atoms with Crippen LogP contribution in [0.3, 0.4) is 0 Å². The summed E-state index contributed by atoms with van der Waals surface area (Å²) < 4.78 is 10.6. The monoisotopic (exact) mass is 432 g/mol. The molecule has 1 amide bonds. The van der Waals surface area contributed by atoms with Crippen LogP contribution in [0.25, 0.3) is 11.3 Å². The summed E-state index contributed by atoms with van der Waals surface area (Å²) in [6.45, 7) is 4.85. The van der Waals surface area contributed by atoms with E-state index in [1.54, 1.807) is 14.2 Å². The molecule has 0 unspecified atom stereocenters. The largest absolute Gasteiger partial charge is 0.493 e. The second kappa shape index (κ2) is 9.68. The molecule has 1 saturated heterocycles. The highest BCUT2D eigenvalue weighted by atomic mass is 16.5. The van der Waals surface area contributed by atoms with Gasteiger partial charge in [0.15, 0.2) is 17.3 Å². The molecule has 1 aromatic heterocycles. The quantitative estimate of drug-likeness (QED) is 0.595. The normalized spacial score (nSPS) is 13.7. The van der Waals surface area contributed by atoms with Crippen LogP contribution in [0.2, 0.25) is 0 Å². The summed E-state index contributed by atoms with van der Waals surface area (Å²) in [4.78, 5) is 16.9. The molecule has 4 rings (SSSR count). The molecule has 1 aliphatic heterocycles. The van der Waals surface area contributed by atoms with E-state index in [1.165, 1.54) is 5.56 Å². The third kappa shape index (κ3) is 4.82. The highest BCUT2D eigenvalue weighted by molar-refractivity contribution is 5.79. The predicted octanol–water partition coefficient (Wildman–Crippen LogP) is 3.36. The number of hydrogen-bond acceptors (Lipinski definition) is 6. The van der Waals surface area contributed by atoms with E-state index in [0.29, 0.717) is 31.0 Å². The molecular formula is C25H28N4O3. The van der Waals surface area contributed by atoms with Crippen molar-refractivity contribution in [1.82, 2.24) is 15.1 Å². The summed E-state index contributed by atoms with van der Waals surface area (Å²) in [5.74, 6) is 2.24. The minimum absolute atomic E-state index is 0.109. The Morgan fingerprint density at radius 1 is 0.875 bits per heavy atom. The van der Waals surface area contributed by atoms with E-state index in [2.05, 4.69) is 46.3 Å². The summed E-state index contributed by atoms with van der Waals surface area (Å²) in [5, 5.41) is 8.82. The average Bonchev–Trinajstić information content (AvgIpc) is 2.84. The first-order chi connectivity index (χ1) is 15.6. The molecule has 3 aromatic rings. The molecule has 0 bridgehead atoms. The summed E-state index contributed by atoms with van der Waals surface area (Å²) in [7, 11) is 3.20. The zero-order valence-corrected chi connectivity index (χ0v) is 18.7. The molecule has 2 aromatic carbocycles. The molecule has 32 heavy (non-hydrogen) atoms. The van der Waals surface area contributed by atoms with Crippen LogP contribution in [0, 0.1) is 6.92 Å². The number of carbonyl (C=O) groups excluding carboxylic acids is 1. The van der Waals surface area contributed by atoms with Crippen molar-refractivity contribution in [3.05, 3.63) is 65.7 Å². The Kier molecular flexibility index (Phi) is 6.54. The van der Waals surface area contributed by atoms with Crippen LogP contribution in [0.1, 0.15) is 11.1 Å². The Morgan fingerprint density at radius 2 is 1.59 bits per heavy atom. The van der Waals surface area contributed by atoms with Crippen molar-refractivity contribution in [2.75, 3.05) is 45.3 Å². The van der Waals surface area contributed by atoms with Gasteiger partial charge in [-0.25, -0.2) is 0 Å². The number of ether oxygens (including phenoxy) is 2. The summed E-state index contributed by atoms with van der Waals surface area (Å²) >= 11 is 0. The maximum absolute atomic E-state index is 12.8. The molecule has 166 valence electrons. The van der Waals surface area contributed by atoms with E-state index >= 15 is 0 Å². The second-order valence-electron chi connectivity index (χ2n) is 7.88. The van der Waals surface area contributed by atoms with E-state index in [1.807, 2.05) is 35.2 Å². The van der Waals surface area contributed by atoms with Gasteiger partial charge in [-0.05, 0) is 36.8 Å². The summed E-state index contributed by atoms with van der Waals surface area (Å²) in [6, 6.07) is 17.9. The van der Waals surface area contributed by atoms with Gasteiger partial charge in [-0.15, -0.1) is 10.2 Å². The second-order valence-corrected chi connectivity index (χ2v) is 7.88. The van der Waals surface area contributed by atoms with E-state index in [4.69, 9.17) is 9.47 Å². The van der Waals surface area contributed by atoms with Gasteiger partial charge in [-0.1, -0.05) is 35.9 Å². The number of piperazine rings is 1. The van der Waals surface area contributed by atoms with Crippen LogP contribution in [0.15, 0.2) is 54.6 Å². The van der Waals surface area contributed by atoms with Gasteiger partial charge in [0.2, 0.25) is 5.91 Å². The predicted molar refractivity (Wildman–Crippen MR) is 124 cm³/mol. The zero-order chi connectivity index (χ0) is 22.5. The Morgan fingerprint density at radius 3 is 2.22 bits per heavy atom. The van der Waals surface area contributed by atoms with Gasteiger partial charge in [0.25, 0.3) is 0 Å². The Labute approximate surface area is 188 Å². The van der Waals surface area contributed by atoms with Crippen molar-refractivity contribution in [3.63, 3.8) is 0 Å². The van der Waals surface area contributed by atoms with Gasteiger partial charge in [-0.3, -0.25) is 4.79 Å². The molecule has 0 atom stereocenters. The molecule has 0 radical (unpaired) electrons. The summed E-state index contributed by atoms with van der Waals surface area (Å²) in [5.41, 5.74) is 4.04. The van der Waals surface area contributed by atoms with Crippen molar-refractivity contribution in [3.8, 4) is 22.8 Å². The van der Waals surface area contributed by atoms with Gasteiger partial charge in [-0.2, -0.15) is 0 Å². The number of rotatable bonds is 6. The lowest BCUT2D eigenvalue weighted by Gasteiger charge is -2.35. The zero-order valence-electron chi connectivity index (χ0n) is 18.7. The van der Waals surface area contributed by atoms with Crippen molar-refractivity contribution >= 4 is 11.7 Å². The highest BCUT2D eigenvalue weighted by Gasteiger charge is 2.22. The molecule has 0 saturated carbocycles. The summed E-state index contributed by atoms with van der Waals surface area (Å²) in [6.07, 6.45) is 0.339. The molecule has 1 fully saturated rings. The lowest BCUT2D eigenvalue weighted by Crippen LogP contribution is -2.49. The van der Waals surface area contributed by atoms with E-state index in [0.717, 1.165) is 35.7 Å². The number of benzene rings is 2. The average molecular weight is 433 g/mol. The van der Waals surface area contributed by atoms with Crippen molar-refractivity contribution < 1.29 is 14.3 Å². The fourth-order valence-corrected chi connectivity index (χ4v) is 3.83. The van der Waals surface area contributed by atoms with E-state index < -0.39 is 0 Å². The van der Waals surface area contributed by atoms with Crippen LogP contribution < -0.4 is 14.4 Å². The minimum atomic E-state index is 0.109. The number of methoxy groups -OCH3 is 2. The molecule has 2 heterocycles. The third-order valence-electron chi connectivity index (χ3n) is 5.76. The van der Waals surface area contributed by atoms with Crippen molar-refractivity contribution in [1.29, 1.82) is 0 Å². The molecule has 0 spiro atoms. The van der Waals surface area contributed by atoms with Crippen LogP contribution >= 0.6 is 0 Å². The molecule has 0 aliphatic carbocycles. The first-order valence-electron chi connectivity index (χ1n) is 10.7. The van der Waals surface area contributed by atoms with Gasteiger partial charge >= 0.3 is 0 Å². The van der Waals surface area contributed by atoms with Crippen LogP contribution in [0.4, 0.5) is 5.82 Å². The number of nitrogens with zero attached hydrogens (tertiary/aromatic N) is 4. The number of aryl methyl sites for hydroxylation is 1. The minimum Gasteiger partial charge on any atom is -0.493 e. The fraction of sp³-hybridized carbons (Fsp3) is 0.320. The SMILES string of the molecule is COc1ccc(CC(=O)N2CCN(c3ccc(-c4ccc(C)cc4)nn3)CC2)cc1OC. The van der Waals surface area contributed by atoms with Crippen LogP contribution in [-0.4, -0.2) is 61.4 Å². The van der Waals surface area contributed by atoms with Crippen molar-refractivity contribution in [2.45, 2.75) is 13.3 Å². The number of carbonyl (C=O) groups is 1. The van der Waals surface area contributed by atoms with Gasteiger partial charge in [0.1, 0.15) is 0 Å². The smallest absolute Gasteiger partial charge is 0.227 e. The maximum Gasteiger partial charge on any atom is 0.227 e. The van der Waals surface area contributed by atoms with Gasteiger partial charge < -0.3 is 19.3 Å². The Balaban J connectivity index is 1.33. The number of amides is 1. The molecule has 0 N–H and O–H groups in total. The lowest BCUT2D eigenvalue weighted by molar-refractivity contribution is -0.130. The molecular weight excluding hydrogens is 404 g/mol. The van der Waals surface area contributed by atoms with E-state index in [-0.39, 0.29) is 5.91 Å².